The van der Waals surface area contributed by atoms with E-state index in [9.17, 15) is 4.79 Å². The van der Waals surface area contributed by atoms with Gasteiger partial charge in [-0.25, -0.2) is 0 Å². The molecule has 1 aliphatic rings. The zero-order valence-corrected chi connectivity index (χ0v) is 14.4. The van der Waals surface area contributed by atoms with Crippen LogP contribution in [0.15, 0.2) is 0 Å². The van der Waals surface area contributed by atoms with E-state index in [1.165, 1.54) is 32.1 Å². The van der Waals surface area contributed by atoms with Gasteiger partial charge in [-0.3, -0.25) is 4.79 Å². The Balaban J connectivity index is 2.04. The molecule has 0 atom stereocenters. The van der Waals surface area contributed by atoms with Crippen molar-refractivity contribution >= 4 is 21.8 Å². The molecule has 20 heavy (non-hydrogen) atoms. The molecule has 0 aromatic heterocycles. The second kappa shape index (κ2) is 11.6. The lowest BCUT2D eigenvalue weighted by molar-refractivity contribution is -0.126. The summed E-state index contributed by atoms with van der Waals surface area (Å²) in [6.07, 6.45) is 9.55. The predicted octanol–water partition coefficient (Wildman–Crippen LogP) is 3.90. The van der Waals surface area contributed by atoms with Gasteiger partial charge in [-0.1, -0.05) is 42.1 Å². The summed E-state index contributed by atoms with van der Waals surface area (Å²) in [5.41, 5.74) is 0. The molecule has 0 spiro atoms. The Labute approximate surface area is 132 Å². The summed E-state index contributed by atoms with van der Waals surface area (Å²) in [6.45, 7) is 4.48. The van der Waals surface area contributed by atoms with Crippen LogP contribution in [0.1, 0.15) is 58.3 Å². The van der Waals surface area contributed by atoms with Gasteiger partial charge in [-0.2, -0.15) is 0 Å². The van der Waals surface area contributed by atoms with Gasteiger partial charge in [0.25, 0.3) is 0 Å². The number of carbonyl (C=O) groups excluding carboxylic acids is 1. The minimum Gasteiger partial charge on any atom is -0.381 e. The Bertz CT molecular complexity index is 253. The van der Waals surface area contributed by atoms with E-state index < -0.39 is 0 Å². The average Bonchev–Trinajstić information content (AvgIpc) is 2.49. The molecule has 0 bridgehead atoms. The van der Waals surface area contributed by atoms with E-state index in [1.807, 2.05) is 0 Å². The third kappa shape index (κ3) is 7.63. The molecule has 1 amide bonds. The first-order chi connectivity index (χ1) is 9.77. The van der Waals surface area contributed by atoms with E-state index in [1.54, 1.807) is 0 Å². The molecule has 1 fully saturated rings. The summed E-state index contributed by atoms with van der Waals surface area (Å²) in [7, 11) is 0. The van der Waals surface area contributed by atoms with Crippen LogP contribution in [0.2, 0.25) is 0 Å². The van der Waals surface area contributed by atoms with Gasteiger partial charge in [0.05, 0.1) is 6.61 Å². The van der Waals surface area contributed by atoms with E-state index in [0.29, 0.717) is 0 Å². The normalized spacial score (nSPS) is 22.7. The number of amides is 1. The van der Waals surface area contributed by atoms with Crippen molar-refractivity contribution in [2.45, 2.75) is 58.3 Å². The highest BCUT2D eigenvalue weighted by atomic mass is 79.9. The molecular weight excluding hydrogens is 318 g/mol. The Hall–Kier alpha value is -0.0900. The van der Waals surface area contributed by atoms with E-state index in [4.69, 9.17) is 4.74 Å². The molecule has 4 heteroatoms. The van der Waals surface area contributed by atoms with Gasteiger partial charge in [-0.05, 0) is 38.0 Å². The molecule has 0 heterocycles. The van der Waals surface area contributed by atoms with Gasteiger partial charge in [0, 0.05) is 24.4 Å². The predicted molar refractivity (Wildman–Crippen MR) is 87.2 cm³/mol. The smallest absolute Gasteiger partial charge is 0.223 e. The minimum absolute atomic E-state index is 0.260. The highest BCUT2D eigenvalue weighted by Gasteiger charge is 2.25. The third-order valence-electron chi connectivity index (χ3n) is 4.17. The zero-order chi connectivity index (χ0) is 14.6. The van der Waals surface area contributed by atoms with Gasteiger partial charge in [0.1, 0.15) is 0 Å². The van der Waals surface area contributed by atoms with Crippen molar-refractivity contribution in [3.05, 3.63) is 0 Å². The second-order valence-corrected chi connectivity index (χ2v) is 6.60. The van der Waals surface area contributed by atoms with Crippen molar-refractivity contribution < 1.29 is 9.53 Å². The van der Waals surface area contributed by atoms with Crippen LogP contribution in [0.5, 0.6) is 0 Å². The Kier molecular flexibility index (Phi) is 10.4. The Morgan fingerprint density at radius 2 is 1.95 bits per heavy atom. The number of alkyl halides is 1. The highest BCUT2D eigenvalue weighted by Crippen LogP contribution is 2.31. The largest absolute Gasteiger partial charge is 0.381 e. The molecule has 1 aliphatic carbocycles. The molecule has 118 valence electrons. The molecule has 0 aromatic carbocycles. The first-order valence-electron chi connectivity index (χ1n) is 8.19. The van der Waals surface area contributed by atoms with Crippen molar-refractivity contribution in [3.63, 3.8) is 0 Å². The fourth-order valence-electron chi connectivity index (χ4n) is 2.89. The molecular formula is C16H30BrNO2. The van der Waals surface area contributed by atoms with E-state index >= 15 is 0 Å². The number of carbonyl (C=O) groups is 1. The van der Waals surface area contributed by atoms with Crippen LogP contribution in [0.4, 0.5) is 0 Å². The van der Waals surface area contributed by atoms with Crippen molar-refractivity contribution in [3.8, 4) is 0 Å². The topological polar surface area (TPSA) is 38.3 Å². The zero-order valence-electron chi connectivity index (χ0n) is 12.8. The Morgan fingerprint density at radius 3 is 2.60 bits per heavy atom. The highest BCUT2D eigenvalue weighted by molar-refractivity contribution is 9.09. The van der Waals surface area contributed by atoms with Crippen LogP contribution in [-0.2, 0) is 9.53 Å². The lowest BCUT2D eigenvalue weighted by Gasteiger charge is -2.27. The van der Waals surface area contributed by atoms with E-state index in [0.717, 1.165) is 50.3 Å². The summed E-state index contributed by atoms with van der Waals surface area (Å²) in [6, 6.07) is 0. The van der Waals surface area contributed by atoms with E-state index in [-0.39, 0.29) is 11.8 Å². The maximum Gasteiger partial charge on any atom is 0.223 e. The fourth-order valence-corrected chi connectivity index (χ4v) is 3.12. The lowest BCUT2D eigenvalue weighted by atomic mass is 9.79. The number of rotatable bonds is 10. The molecule has 0 radical (unpaired) electrons. The summed E-state index contributed by atoms with van der Waals surface area (Å²) >= 11 is 3.32. The van der Waals surface area contributed by atoms with Gasteiger partial charge in [0.2, 0.25) is 5.91 Å². The molecule has 0 aliphatic heterocycles. The number of nitrogens with one attached hydrogen (secondary N) is 1. The Morgan fingerprint density at radius 1 is 1.20 bits per heavy atom. The first-order valence-corrected chi connectivity index (χ1v) is 9.31. The standard InChI is InChI=1S/C16H30BrNO2/c1-2-3-5-14-6-8-15(9-7-14)16(19)18-11-4-12-20-13-10-17/h14-15H,2-13H2,1H3,(H,18,19). The maximum absolute atomic E-state index is 12.0. The monoisotopic (exact) mass is 347 g/mol. The first kappa shape index (κ1) is 18.0. The molecule has 1 saturated carbocycles. The quantitative estimate of drug-likeness (QED) is 0.480. The summed E-state index contributed by atoms with van der Waals surface area (Å²) in [5.74, 6) is 1.40. The maximum atomic E-state index is 12.0. The van der Waals surface area contributed by atoms with Crippen molar-refractivity contribution in [1.82, 2.24) is 5.32 Å². The van der Waals surface area contributed by atoms with Crippen LogP contribution in [0.25, 0.3) is 0 Å². The van der Waals surface area contributed by atoms with Gasteiger partial charge in [-0.15, -0.1) is 0 Å². The number of ether oxygens (including phenoxy) is 1. The van der Waals surface area contributed by atoms with Gasteiger partial charge < -0.3 is 10.1 Å². The van der Waals surface area contributed by atoms with Crippen molar-refractivity contribution in [1.29, 1.82) is 0 Å². The lowest BCUT2D eigenvalue weighted by Crippen LogP contribution is -2.34. The van der Waals surface area contributed by atoms with Gasteiger partial charge in [0.15, 0.2) is 0 Å². The minimum atomic E-state index is 0.260. The SMILES string of the molecule is CCCCC1CCC(C(=O)NCCCOCCBr)CC1. The molecule has 1 rings (SSSR count). The molecule has 0 unspecified atom stereocenters. The van der Waals surface area contributed by atoms with Crippen LogP contribution in [0.3, 0.4) is 0 Å². The summed E-state index contributed by atoms with van der Waals surface area (Å²) in [4.78, 5) is 12.0. The summed E-state index contributed by atoms with van der Waals surface area (Å²) in [5, 5.41) is 3.93. The average molecular weight is 348 g/mol. The van der Waals surface area contributed by atoms with Crippen LogP contribution < -0.4 is 5.32 Å². The summed E-state index contributed by atoms with van der Waals surface area (Å²) < 4.78 is 5.36. The third-order valence-corrected chi connectivity index (χ3v) is 4.49. The number of hydrogen-bond donors (Lipinski definition) is 1. The van der Waals surface area contributed by atoms with Crippen LogP contribution in [0, 0.1) is 11.8 Å². The number of halogens is 1. The van der Waals surface area contributed by atoms with Gasteiger partial charge >= 0.3 is 0 Å². The van der Waals surface area contributed by atoms with E-state index in [2.05, 4.69) is 28.2 Å². The second-order valence-electron chi connectivity index (χ2n) is 5.81. The van der Waals surface area contributed by atoms with Crippen molar-refractivity contribution in [2.75, 3.05) is 25.1 Å². The van der Waals surface area contributed by atoms with Crippen molar-refractivity contribution in [2.24, 2.45) is 11.8 Å². The molecule has 0 aromatic rings. The molecule has 0 saturated heterocycles. The number of unbranched alkanes of at least 4 members (excludes halogenated alkanes) is 1. The molecule has 1 N–H and O–H groups in total. The van der Waals surface area contributed by atoms with Crippen LogP contribution in [-0.4, -0.2) is 31.0 Å². The molecule has 3 nitrogen and oxygen atoms in total. The fraction of sp³-hybridized carbons (Fsp3) is 0.938. The van der Waals surface area contributed by atoms with Crippen LogP contribution >= 0.6 is 15.9 Å². The number of hydrogen-bond acceptors (Lipinski definition) is 2.